The van der Waals surface area contributed by atoms with Crippen molar-refractivity contribution in [3.8, 4) is 0 Å². The maximum absolute atomic E-state index is 4.51. The topological polar surface area (TPSA) is 41.9 Å². The monoisotopic (exact) mass is 236 g/mol. The molecule has 1 aliphatic rings. The van der Waals surface area contributed by atoms with E-state index in [1.54, 1.807) is 0 Å². The predicted octanol–water partition coefficient (Wildman–Crippen LogP) is 2.27. The Balaban J connectivity index is 1.88. The van der Waals surface area contributed by atoms with Crippen LogP contribution in [0.15, 0.2) is 12.3 Å². The number of anilines is 1. The van der Waals surface area contributed by atoms with Crippen LogP contribution in [0.3, 0.4) is 0 Å². The highest BCUT2D eigenvalue weighted by molar-refractivity contribution is 5.32. The average Bonchev–Trinajstić information content (AvgIpc) is 2.76. The van der Waals surface area contributed by atoms with Gasteiger partial charge in [-0.25, -0.2) is 0 Å². The highest BCUT2D eigenvalue weighted by Gasteiger charge is 2.26. The first-order valence-corrected chi connectivity index (χ1v) is 6.59. The zero-order valence-corrected chi connectivity index (χ0v) is 11.2. The number of hydrogen-bond donors (Lipinski definition) is 2. The van der Waals surface area contributed by atoms with Gasteiger partial charge in [-0.2, -0.15) is 5.10 Å². The number of nitrogens with zero attached hydrogens (tertiary/aromatic N) is 2. The van der Waals surface area contributed by atoms with Crippen LogP contribution in [0.2, 0.25) is 0 Å². The molecule has 0 radical (unpaired) electrons. The Labute approximate surface area is 104 Å². The molecule has 1 fully saturated rings. The first-order valence-electron chi connectivity index (χ1n) is 6.59. The largest absolute Gasteiger partial charge is 0.368 e. The van der Waals surface area contributed by atoms with Crippen LogP contribution in [0.5, 0.6) is 0 Å². The highest BCUT2D eigenvalue weighted by Crippen LogP contribution is 2.25. The summed E-state index contributed by atoms with van der Waals surface area (Å²) in [5.74, 6) is 0.991. The minimum absolute atomic E-state index is 0.361. The van der Waals surface area contributed by atoms with Crippen LogP contribution < -0.4 is 10.6 Å². The summed E-state index contributed by atoms with van der Waals surface area (Å²) >= 11 is 0. The zero-order chi connectivity index (χ0) is 12.3. The van der Waals surface area contributed by atoms with Gasteiger partial charge in [0, 0.05) is 31.4 Å². The molecular formula is C13H24N4. The number of nitrogens with one attached hydrogen (secondary N) is 2. The van der Waals surface area contributed by atoms with E-state index in [1.807, 2.05) is 10.9 Å². The van der Waals surface area contributed by atoms with Gasteiger partial charge in [0.15, 0.2) is 0 Å². The van der Waals surface area contributed by atoms with Crippen LogP contribution in [-0.4, -0.2) is 29.4 Å². The van der Waals surface area contributed by atoms with E-state index in [0.29, 0.717) is 11.5 Å². The maximum atomic E-state index is 4.51. The third-order valence-corrected chi connectivity index (χ3v) is 3.52. The van der Waals surface area contributed by atoms with E-state index in [4.69, 9.17) is 0 Å². The van der Waals surface area contributed by atoms with Crippen LogP contribution in [0.4, 0.5) is 5.82 Å². The van der Waals surface area contributed by atoms with Crippen LogP contribution in [-0.2, 0) is 0 Å². The van der Waals surface area contributed by atoms with E-state index >= 15 is 0 Å². The fourth-order valence-electron chi connectivity index (χ4n) is 2.29. The fraction of sp³-hybridized carbons (Fsp3) is 0.769. The quantitative estimate of drug-likeness (QED) is 0.842. The van der Waals surface area contributed by atoms with Gasteiger partial charge in [-0.15, -0.1) is 0 Å². The minimum atomic E-state index is 0.361. The molecule has 0 aliphatic carbocycles. The summed E-state index contributed by atoms with van der Waals surface area (Å²) in [6.07, 6.45) is 4.60. The van der Waals surface area contributed by atoms with E-state index in [1.165, 1.54) is 12.8 Å². The normalized spacial score (nSPS) is 25.2. The fourth-order valence-corrected chi connectivity index (χ4v) is 2.29. The lowest BCUT2D eigenvalue weighted by Crippen LogP contribution is -2.42. The van der Waals surface area contributed by atoms with Crippen molar-refractivity contribution in [3.05, 3.63) is 12.3 Å². The first-order chi connectivity index (χ1) is 8.09. The molecule has 4 heteroatoms. The van der Waals surface area contributed by atoms with Gasteiger partial charge in [0.25, 0.3) is 0 Å². The Bertz CT molecular complexity index is 350. The summed E-state index contributed by atoms with van der Waals surface area (Å²) in [7, 11) is 0. The average molecular weight is 236 g/mol. The Morgan fingerprint density at radius 2 is 2.41 bits per heavy atom. The highest BCUT2D eigenvalue weighted by atomic mass is 15.3. The molecule has 96 valence electrons. The first kappa shape index (κ1) is 12.4. The second-order valence-corrected chi connectivity index (χ2v) is 5.72. The Morgan fingerprint density at radius 3 is 3.00 bits per heavy atom. The van der Waals surface area contributed by atoms with E-state index in [0.717, 1.165) is 25.5 Å². The Morgan fingerprint density at radius 1 is 1.59 bits per heavy atom. The SMILES string of the molecule is CC(C)n1ccc(NCC2(C)CCCNC2)n1. The smallest absolute Gasteiger partial charge is 0.148 e. The molecule has 0 bridgehead atoms. The second-order valence-electron chi connectivity index (χ2n) is 5.72. The molecule has 1 unspecified atom stereocenters. The molecular weight excluding hydrogens is 212 g/mol. The molecule has 1 saturated heterocycles. The maximum Gasteiger partial charge on any atom is 0.148 e. The van der Waals surface area contributed by atoms with Crippen molar-refractivity contribution >= 4 is 5.82 Å². The summed E-state index contributed by atoms with van der Waals surface area (Å²) in [6, 6.07) is 2.48. The molecule has 1 aromatic rings. The van der Waals surface area contributed by atoms with Crippen molar-refractivity contribution in [3.63, 3.8) is 0 Å². The van der Waals surface area contributed by atoms with E-state index < -0.39 is 0 Å². The van der Waals surface area contributed by atoms with Crippen LogP contribution in [0.1, 0.15) is 39.7 Å². The van der Waals surface area contributed by atoms with Gasteiger partial charge in [-0.05, 0) is 38.6 Å². The van der Waals surface area contributed by atoms with Crippen LogP contribution >= 0.6 is 0 Å². The van der Waals surface area contributed by atoms with E-state index in [9.17, 15) is 0 Å². The lowest BCUT2D eigenvalue weighted by molar-refractivity contribution is 0.253. The summed E-state index contributed by atoms with van der Waals surface area (Å²) < 4.78 is 1.99. The van der Waals surface area contributed by atoms with Gasteiger partial charge in [0.1, 0.15) is 5.82 Å². The molecule has 0 saturated carbocycles. The Kier molecular flexibility index (Phi) is 3.72. The number of piperidine rings is 1. The lowest BCUT2D eigenvalue weighted by Gasteiger charge is -2.34. The van der Waals surface area contributed by atoms with Crippen molar-refractivity contribution in [1.82, 2.24) is 15.1 Å². The molecule has 2 heterocycles. The van der Waals surface area contributed by atoms with Crippen molar-refractivity contribution in [2.45, 2.75) is 39.7 Å². The van der Waals surface area contributed by atoms with Crippen molar-refractivity contribution < 1.29 is 0 Å². The molecule has 4 nitrogen and oxygen atoms in total. The molecule has 2 N–H and O–H groups in total. The lowest BCUT2D eigenvalue weighted by atomic mass is 9.83. The standard InChI is InChI=1S/C13H24N4/c1-11(2)17-8-5-12(16-17)15-10-13(3)6-4-7-14-9-13/h5,8,11,14H,4,6-7,9-10H2,1-3H3,(H,15,16). The van der Waals surface area contributed by atoms with Gasteiger partial charge in [0.05, 0.1) is 0 Å². The molecule has 1 atom stereocenters. The summed E-state index contributed by atoms with van der Waals surface area (Å²) in [5, 5.41) is 11.4. The van der Waals surface area contributed by atoms with Crippen molar-refractivity contribution in [1.29, 1.82) is 0 Å². The van der Waals surface area contributed by atoms with Gasteiger partial charge >= 0.3 is 0 Å². The molecule has 0 aromatic carbocycles. The molecule has 1 aromatic heterocycles. The van der Waals surface area contributed by atoms with Gasteiger partial charge in [0.2, 0.25) is 0 Å². The van der Waals surface area contributed by atoms with Crippen molar-refractivity contribution in [2.24, 2.45) is 5.41 Å². The summed E-state index contributed by atoms with van der Waals surface area (Å²) in [6.45, 7) is 9.88. The van der Waals surface area contributed by atoms with E-state index in [2.05, 4.69) is 42.6 Å². The minimum Gasteiger partial charge on any atom is -0.368 e. The van der Waals surface area contributed by atoms with E-state index in [-0.39, 0.29) is 0 Å². The third kappa shape index (κ3) is 3.22. The molecule has 0 amide bonds. The zero-order valence-electron chi connectivity index (χ0n) is 11.2. The second kappa shape index (κ2) is 5.08. The van der Waals surface area contributed by atoms with Crippen molar-refractivity contribution in [2.75, 3.05) is 25.0 Å². The number of rotatable bonds is 4. The molecule has 0 spiro atoms. The van der Waals surface area contributed by atoms with Gasteiger partial charge in [-0.3, -0.25) is 4.68 Å². The Hall–Kier alpha value is -1.03. The summed E-state index contributed by atoms with van der Waals surface area (Å²) in [4.78, 5) is 0. The summed E-state index contributed by atoms with van der Waals surface area (Å²) in [5.41, 5.74) is 0.361. The predicted molar refractivity (Wildman–Crippen MR) is 71.3 cm³/mol. The van der Waals surface area contributed by atoms with Gasteiger partial charge < -0.3 is 10.6 Å². The van der Waals surface area contributed by atoms with Crippen LogP contribution in [0, 0.1) is 5.41 Å². The number of aromatic nitrogens is 2. The number of hydrogen-bond acceptors (Lipinski definition) is 3. The van der Waals surface area contributed by atoms with Gasteiger partial charge in [-0.1, -0.05) is 6.92 Å². The molecule has 1 aliphatic heterocycles. The third-order valence-electron chi connectivity index (χ3n) is 3.52. The van der Waals surface area contributed by atoms with Crippen LogP contribution in [0.25, 0.3) is 0 Å². The molecule has 2 rings (SSSR count). The molecule has 17 heavy (non-hydrogen) atoms.